The number of hydrogen-bond donors (Lipinski definition) is 2. The number of H-pyrrole nitrogens is 1. The number of aromatic nitrogens is 3. The van der Waals surface area contributed by atoms with Crippen molar-refractivity contribution in [1.29, 1.82) is 5.26 Å². The van der Waals surface area contributed by atoms with Crippen LogP contribution in [0, 0.1) is 11.3 Å². The molecule has 0 saturated heterocycles. The van der Waals surface area contributed by atoms with Crippen molar-refractivity contribution in [3.05, 3.63) is 39.9 Å². The van der Waals surface area contributed by atoms with Gasteiger partial charge in [-0.25, -0.2) is 4.98 Å². The number of aromatic amines is 1. The molecule has 2 aromatic rings. The van der Waals surface area contributed by atoms with Crippen LogP contribution in [0.5, 0.6) is 0 Å². The highest BCUT2D eigenvalue weighted by Crippen LogP contribution is 2.37. The number of benzene rings is 1. The molecule has 1 fully saturated rings. The van der Waals surface area contributed by atoms with Gasteiger partial charge in [0.05, 0.1) is 11.3 Å². The lowest BCUT2D eigenvalue weighted by Gasteiger charge is -2.04. The third-order valence-corrected chi connectivity index (χ3v) is 3.51. The van der Waals surface area contributed by atoms with E-state index >= 15 is 0 Å². The van der Waals surface area contributed by atoms with Crippen molar-refractivity contribution in [3.63, 3.8) is 0 Å². The van der Waals surface area contributed by atoms with Crippen LogP contribution in [0.4, 0.5) is 5.69 Å². The smallest absolute Gasteiger partial charge is 0.295 e. The second-order valence-corrected chi connectivity index (χ2v) is 5.49. The minimum Gasteiger partial charge on any atom is -0.318 e. The number of hydrogen-bond acceptors (Lipinski definition) is 4. The van der Waals surface area contributed by atoms with Crippen LogP contribution in [0.15, 0.2) is 22.7 Å². The number of amides is 1. The molecule has 0 spiro atoms. The first-order valence-electron chi connectivity index (χ1n) is 6.10. The molecule has 1 aromatic heterocycles. The van der Waals surface area contributed by atoms with Crippen LogP contribution in [0.2, 0.25) is 0 Å². The predicted molar refractivity (Wildman–Crippen MR) is 75.2 cm³/mol. The molecule has 0 atom stereocenters. The lowest BCUT2D eigenvalue weighted by molar-refractivity contribution is 0.101. The van der Waals surface area contributed by atoms with Crippen molar-refractivity contribution >= 4 is 27.5 Å². The van der Waals surface area contributed by atoms with Crippen LogP contribution < -0.4 is 5.32 Å². The van der Waals surface area contributed by atoms with Gasteiger partial charge < -0.3 is 5.32 Å². The molecule has 2 N–H and O–H groups in total. The number of rotatable bonds is 3. The number of halogens is 1. The average Bonchev–Trinajstić information content (AvgIpc) is 3.18. The van der Waals surface area contributed by atoms with E-state index in [1.807, 2.05) is 6.07 Å². The SMILES string of the molecule is N#Cc1cc(Br)ccc1NC(=O)c1n[nH]c(C2CC2)n1. The number of carbonyl (C=O) groups is 1. The van der Waals surface area contributed by atoms with Crippen LogP contribution in [0.25, 0.3) is 0 Å². The van der Waals surface area contributed by atoms with Crippen molar-refractivity contribution in [2.24, 2.45) is 0 Å². The molecule has 1 saturated carbocycles. The molecular formula is C13H10BrN5O. The Kier molecular flexibility index (Phi) is 3.24. The van der Waals surface area contributed by atoms with Gasteiger partial charge in [-0.15, -0.1) is 5.10 Å². The Morgan fingerprint density at radius 1 is 1.50 bits per heavy atom. The van der Waals surface area contributed by atoms with E-state index in [2.05, 4.69) is 36.4 Å². The Bertz CT molecular complexity index is 714. The van der Waals surface area contributed by atoms with E-state index in [1.54, 1.807) is 18.2 Å². The van der Waals surface area contributed by atoms with Crippen LogP contribution in [0.1, 0.15) is 40.8 Å². The third kappa shape index (κ3) is 2.56. The van der Waals surface area contributed by atoms with E-state index in [0.29, 0.717) is 17.2 Å². The first-order valence-corrected chi connectivity index (χ1v) is 6.90. The van der Waals surface area contributed by atoms with E-state index in [4.69, 9.17) is 5.26 Å². The van der Waals surface area contributed by atoms with Crippen molar-refractivity contribution < 1.29 is 4.79 Å². The highest BCUT2D eigenvalue weighted by molar-refractivity contribution is 9.10. The van der Waals surface area contributed by atoms with Gasteiger partial charge in [-0.2, -0.15) is 5.26 Å². The molecule has 0 aliphatic heterocycles. The molecule has 0 bridgehead atoms. The zero-order valence-electron chi connectivity index (χ0n) is 10.4. The fraction of sp³-hybridized carbons (Fsp3) is 0.231. The minimum absolute atomic E-state index is 0.0960. The molecule has 1 amide bonds. The Labute approximate surface area is 123 Å². The van der Waals surface area contributed by atoms with Crippen molar-refractivity contribution in [1.82, 2.24) is 15.2 Å². The first kappa shape index (κ1) is 12.8. The van der Waals surface area contributed by atoms with Gasteiger partial charge in [0.1, 0.15) is 11.9 Å². The van der Waals surface area contributed by atoms with Crippen LogP contribution in [0.3, 0.4) is 0 Å². The van der Waals surface area contributed by atoms with E-state index in [1.165, 1.54) is 0 Å². The van der Waals surface area contributed by atoms with Crippen LogP contribution in [-0.4, -0.2) is 21.1 Å². The monoisotopic (exact) mass is 331 g/mol. The van der Waals surface area contributed by atoms with Crippen molar-refractivity contribution in [2.45, 2.75) is 18.8 Å². The summed E-state index contributed by atoms with van der Waals surface area (Å²) in [5.41, 5.74) is 0.823. The van der Waals surface area contributed by atoms with E-state index in [9.17, 15) is 4.79 Å². The number of anilines is 1. The van der Waals surface area contributed by atoms with E-state index in [-0.39, 0.29) is 5.82 Å². The fourth-order valence-electron chi connectivity index (χ4n) is 1.81. The van der Waals surface area contributed by atoms with Crippen molar-refractivity contribution in [2.75, 3.05) is 5.32 Å². The lowest BCUT2D eigenvalue weighted by atomic mass is 10.2. The standard InChI is InChI=1S/C13H10BrN5O/c14-9-3-4-10(8(5-9)6-15)16-13(20)12-17-11(18-19-12)7-1-2-7/h3-5,7H,1-2H2,(H,16,20)(H,17,18,19). The maximum Gasteiger partial charge on any atom is 0.295 e. The Morgan fingerprint density at radius 3 is 3.00 bits per heavy atom. The average molecular weight is 332 g/mol. The predicted octanol–water partition coefficient (Wildman–Crippen LogP) is 2.57. The molecule has 1 aliphatic carbocycles. The summed E-state index contributed by atoms with van der Waals surface area (Å²) in [5, 5.41) is 18.4. The molecule has 0 unspecified atom stereocenters. The molecule has 6 nitrogen and oxygen atoms in total. The highest BCUT2D eigenvalue weighted by atomic mass is 79.9. The second-order valence-electron chi connectivity index (χ2n) is 4.57. The molecule has 20 heavy (non-hydrogen) atoms. The topological polar surface area (TPSA) is 94.5 Å². The number of nitrogens with one attached hydrogen (secondary N) is 2. The molecule has 1 aliphatic rings. The number of nitriles is 1. The van der Waals surface area contributed by atoms with Crippen LogP contribution in [-0.2, 0) is 0 Å². The fourth-order valence-corrected chi connectivity index (χ4v) is 2.17. The summed E-state index contributed by atoms with van der Waals surface area (Å²) in [6.45, 7) is 0. The summed E-state index contributed by atoms with van der Waals surface area (Å²) in [5.74, 6) is 0.837. The molecular weight excluding hydrogens is 322 g/mol. The Morgan fingerprint density at radius 2 is 2.30 bits per heavy atom. The summed E-state index contributed by atoms with van der Waals surface area (Å²) in [4.78, 5) is 16.2. The summed E-state index contributed by atoms with van der Waals surface area (Å²) in [7, 11) is 0. The van der Waals surface area contributed by atoms with Gasteiger partial charge in [0.15, 0.2) is 0 Å². The van der Waals surface area contributed by atoms with E-state index < -0.39 is 5.91 Å². The second kappa shape index (κ2) is 5.06. The minimum atomic E-state index is -0.424. The van der Waals surface area contributed by atoms with Gasteiger partial charge in [-0.1, -0.05) is 15.9 Å². The zero-order chi connectivity index (χ0) is 14.1. The molecule has 1 heterocycles. The number of carbonyl (C=O) groups excluding carboxylic acids is 1. The summed E-state index contributed by atoms with van der Waals surface area (Å²) in [6.07, 6.45) is 2.17. The molecule has 3 rings (SSSR count). The van der Waals surface area contributed by atoms with Gasteiger partial charge >= 0.3 is 0 Å². The molecule has 0 radical (unpaired) electrons. The summed E-state index contributed by atoms with van der Waals surface area (Å²) in [6, 6.07) is 7.09. The zero-order valence-corrected chi connectivity index (χ0v) is 11.9. The molecule has 1 aromatic carbocycles. The third-order valence-electron chi connectivity index (χ3n) is 3.02. The maximum absolute atomic E-state index is 12.0. The van der Waals surface area contributed by atoms with Crippen molar-refractivity contribution in [3.8, 4) is 6.07 Å². The van der Waals surface area contributed by atoms with E-state index in [0.717, 1.165) is 23.1 Å². The Balaban J connectivity index is 1.79. The van der Waals surface area contributed by atoms with Gasteiger partial charge in [-0.05, 0) is 31.0 Å². The molecule has 7 heteroatoms. The summed E-state index contributed by atoms with van der Waals surface area (Å²) < 4.78 is 0.779. The quantitative estimate of drug-likeness (QED) is 0.903. The van der Waals surface area contributed by atoms with Gasteiger partial charge in [0.25, 0.3) is 5.91 Å². The van der Waals surface area contributed by atoms with Gasteiger partial charge in [-0.3, -0.25) is 9.89 Å². The van der Waals surface area contributed by atoms with Gasteiger partial charge in [0, 0.05) is 10.4 Å². The Hall–Kier alpha value is -2.20. The first-order chi connectivity index (χ1) is 9.67. The highest BCUT2D eigenvalue weighted by Gasteiger charge is 2.28. The molecule has 100 valence electrons. The van der Waals surface area contributed by atoms with Crippen LogP contribution >= 0.6 is 15.9 Å². The normalized spacial score (nSPS) is 13.8. The summed E-state index contributed by atoms with van der Waals surface area (Å²) >= 11 is 3.28. The maximum atomic E-state index is 12.0. The lowest BCUT2D eigenvalue weighted by Crippen LogP contribution is -2.14. The number of nitrogens with zero attached hydrogens (tertiary/aromatic N) is 3. The largest absolute Gasteiger partial charge is 0.318 e. The van der Waals surface area contributed by atoms with Gasteiger partial charge in [0.2, 0.25) is 5.82 Å².